The van der Waals surface area contributed by atoms with Gasteiger partial charge in [0, 0.05) is 23.7 Å². The summed E-state index contributed by atoms with van der Waals surface area (Å²) in [6.45, 7) is -0.451. The quantitative estimate of drug-likeness (QED) is 0.305. The number of nitrogens with zero attached hydrogens (tertiary/aromatic N) is 4. The number of hydrogen-bond donors (Lipinski definition) is 2. The fourth-order valence-electron chi connectivity index (χ4n) is 3.23. The maximum absolute atomic E-state index is 12.7. The first kappa shape index (κ1) is 24.6. The summed E-state index contributed by atoms with van der Waals surface area (Å²) in [6.07, 6.45) is 4.49. The van der Waals surface area contributed by atoms with E-state index in [1.165, 1.54) is 25.0 Å². The Bertz CT molecular complexity index is 858. The molecule has 11 heteroatoms. The van der Waals surface area contributed by atoms with Gasteiger partial charge in [-0.1, -0.05) is 24.4 Å². The third-order valence-electron chi connectivity index (χ3n) is 4.94. The summed E-state index contributed by atoms with van der Waals surface area (Å²) < 4.78 is 31.9. The van der Waals surface area contributed by atoms with Gasteiger partial charge in [0.1, 0.15) is 11.6 Å². The van der Waals surface area contributed by atoms with Crippen LogP contribution in [0.3, 0.4) is 0 Å². The van der Waals surface area contributed by atoms with Crippen molar-refractivity contribution in [3.05, 3.63) is 40.4 Å². The maximum atomic E-state index is 12.7. The molecule has 1 aliphatic rings. The highest BCUT2D eigenvalue weighted by Gasteiger charge is 2.17. The van der Waals surface area contributed by atoms with Crippen molar-refractivity contribution in [2.24, 2.45) is 12.0 Å². The monoisotopic (exact) mass is 554 g/mol. The lowest BCUT2D eigenvalue weighted by Gasteiger charge is -2.18. The van der Waals surface area contributed by atoms with E-state index in [1.807, 2.05) is 18.5 Å². The van der Waals surface area contributed by atoms with Gasteiger partial charge >= 0.3 is 6.61 Å². The van der Waals surface area contributed by atoms with Crippen LogP contribution < -0.4 is 15.4 Å². The maximum Gasteiger partial charge on any atom is 0.387 e. The Morgan fingerprint density at radius 2 is 2.07 bits per heavy atom. The molecule has 1 aromatic carbocycles. The van der Waals surface area contributed by atoms with Gasteiger partial charge < -0.3 is 19.9 Å². The molecule has 166 valence electrons. The molecule has 0 amide bonds. The lowest BCUT2D eigenvalue weighted by atomic mass is 10.2. The minimum atomic E-state index is -2.91. The van der Waals surface area contributed by atoms with Crippen LogP contribution in [0.2, 0.25) is 5.02 Å². The lowest BCUT2D eigenvalue weighted by Crippen LogP contribution is -2.42. The Labute approximate surface area is 196 Å². The zero-order valence-electron chi connectivity index (χ0n) is 16.9. The molecule has 0 spiro atoms. The van der Waals surface area contributed by atoms with Gasteiger partial charge in [0.15, 0.2) is 11.8 Å². The zero-order valence-corrected chi connectivity index (χ0v) is 20.0. The van der Waals surface area contributed by atoms with Crippen LogP contribution in [0.5, 0.6) is 5.75 Å². The summed E-state index contributed by atoms with van der Waals surface area (Å²) in [5.74, 6) is 2.24. The van der Waals surface area contributed by atoms with E-state index in [0.29, 0.717) is 29.1 Å². The predicted octanol–water partition coefficient (Wildman–Crippen LogP) is 4.17. The molecule has 0 atom stereocenters. The normalized spacial score (nSPS) is 14.7. The van der Waals surface area contributed by atoms with Crippen molar-refractivity contribution < 1.29 is 13.5 Å². The second-order valence-corrected chi connectivity index (χ2v) is 7.43. The third-order valence-corrected chi connectivity index (χ3v) is 5.17. The molecular weight excluding hydrogens is 529 g/mol. The smallest absolute Gasteiger partial charge is 0.387 e. The molecular formula is C19H26ClF2IN6O. The molecule has 3 rings (SSSR count). The standard InChI is InChI=1S/C19H25ClF2N6O.HI/c1-12-26-27-17(28(12)2)11-24-19(25-15-5-3-4-6-15)23-10-13-9-14(20)7-8-16(13)29-18(21)22;/h7-9,15,18H,3-6,10-11H2,1-2H3,(H2,23,24,25);1H. The van der Waals surface area contributed by atoms with Crippen LogP contribution in [0.1, 0.15) is 42.9 Å². The first-order valence-electron chi connectivity index (χ1n) is 9.55. The number of hydrogen-bond acceptors (Lipinski definition) is 4. The highest BCUT2D eigenvalue weighted by Crippen LogP contribution is 2.25. The van der Waals surface area contributed by atoms with Gasteiger partial charge in [-0.25, -0.2) is 4.99 Å². The summed E-state index contributed by atoms with van der Waals surface area (Å²) in [7, 11) is 1.90. The zero-order chi connectivity index (χ0) is 20.8. The van der Waals surface area contributed by atoms with E-state index < -0.39 is 6.61 Å². The number of ether oxygens (including phenoxy) is 1. The van der Waals surface area contributed by atoms with Crippen LogP contribution in [0, 0.1) is 6.92 Å². The number of aromatic nitrogens is 3. The average molecular weight is 555 g/mol. The lowest BCUT2D eigenvalue weighted by molar-refractivity contribution is -0.0504. The molecule has 1 heterocycles. The average Bonchev–Trinajstić information content (AvgIpc) is 3.30. The number of aryl methyl sites for hydroxylation is 1. The van der Waals surface area contributed by atoms with E-state index in [9.17, 15) is 8.78 Å². The second-order valence-electron chi connectivity index (χ2n) is 7.00. The van der Waals surface area contributed by atoms with Crippen molar-refractivity contribution in [3.63, 3.8) is 0 Å². The van der Waals surface area contributed by atoms with Crippen molar-refractivity contribution in [2.75, 3.05) is 0 Å². The SMILES string of the molecule is Cc1nnc(CNC(=NCc2cc(Cl)ccc2OC(F)F)NC2CCCC2)n1C.I. The van der Waals surface area contributed by atoms with Gasteiger partial charge in [0.2, 0.25) is 0 Å². The molecule has 7 nitrogen and oxygen atoms in total. The molecule has 0 saturated heterocycles. The molecule has 2 N–H and O–H groups in total. The van der Waals surface area contributed by atoms with Gasteiger partial charge in [-0.3, -0.25) is 0 Å². The van der Waals surface area contributed by atoms with Gasteiger partial charge in [0.05, 0.1) is 13.1 Å². The fourth-order valence-corrected chi connectivity index (χ4v) is 3.43. The summed E-state index contributed by atoms with van der Waals surface area (Å²) in [5.41, 5.74) is 0.486. The van der Waals surface area contributed by atoms with Crippen LogP contribution in [0.25, 0.3) is 0 Å². The molecule has 0 aliphatic heterocycles. The number of nitrogens with one attached hydrogen (secondary N) is 2. The van der Waals surface area contributed by atoms with Crippen molar-refractivity contribution in [1.29, 1.82) is 0 Å². The van der Waals surface area contributed by atoms with Crippen LogP contribution >= 0.6 is 35.6 Å². The van der Waals surface area contributed by atoms with E-state index in [2.05, 4.69) is 30.6 Å². The van der Waals surface area contributed by atoms with E-state index in [4.69, 9.17) is 11.6 Å². The minimum Gasteiger partial charge on any atom is -0.434 e. The fraction of sp³-hybridized carbons (Fsp3) is 0.526. The van der Waals surface area contributed by atoms with E-state index in [-0.39, 0.29) is 36.3 Å². The van der Waals surface area contributed by atoms with Crippen molar-refractivity contribution in [1.82, 2.24) is 25.4 Å². The van der Waals surface area contributed by atoms with Gasteiger partial charge in [-0.15, -0.1) is 34.2 Å². The Morgan fingerprint density at radius 3 is 2.70 bits per heavy atom. The van der Waals surface area contributed by atoms with E-state index in [0.717, 1.165) is 24.5 Å². The molecule has 2 aromatic rings. The second kappa shape index (κ2) is 11.6. The first-order chi connectivity index (χ1) is 13.9. The molecule has 0 radical (unpaired) electrons. The molecule has 0 unspecified atom stereocenters. The first-order valence-corrected chi connectivity index (χ1v) is 9.93. The van der Waals surface area contributed by atoms with Crippen LogP contribution in [0.4, 0.5) is 8.78 Å². The molecule has 1 fully saturated rings. The topological polar surface area (TPSA) is 76.4 Å². The number of rotatable bonds is 7. The van der Waals surface area contributed by atoms with Crippen molar-refractivity contribution in [3.8, 4) is 5.75 Å². The minimum absolute atomic E-state index is 0. The number of alkyl halides is 2. The van der Waals surface area contributed by atoms with E-state index >= 15 is 0 Å². The summed E-state index contributed by atoms with van der Waals surface area (Å²) >= 11 is 6.03. The predicted molar refractivity (Wildman–Crippen MR) is 123 cm³/mol. The highest BCUT2D eigenvalue weighted by atomic mass is 127. The van der Waals surface area contributed by atoms with Crippen LogP contribution in [-0.4, -0.2) is 33.4 Å². The third kappa shape index (κ3) is 6.93. The molecule has 0 bridgehead atoms. The number of halogens is 4. The molecule has 1 aromatic heterocycles. The molecule has 30 heavy (non-hydrogen) atoms. The highest BCUT2D eigenvalue weighted by molar-refractivity contribution is 14.0. The Hall–Kier alpha value is -1.69. The largest absolute Gasteiger partial charge is 0.434 e. The van der Waals surface area contributed by atoms with Crippen molar-refractivity contribution >= 4 is 41.5 Å². The summed E-state index contributed by atoms with van der Waals surface area (Å²) in [6, 6.07) is 4.86. The van der Waals surface area contributed by atoms with Gasteiger partial charge in [0.25, 0.3) is 0 Å². The Kier molecular flexibility index (Phi) is 9.53. The number of guanidine groups is 1. The van der Waals surface area contributed by atoms with Gasteiger partial charge in [-0.2, -0.15) is 8.78 Å². The summed E-state index contributed by atoms with van der Waals surface area (Å²) in [5, 5.41) is 15.3. The Balaban J connectivity index is 0.00000320. The molecule has 1 saturated carbocycles. The number of benzene rings is 1. The van der Waals surface area contributed by atoms with Crippen molar-refractivity contribution in [2.45, 2.75) is 58.3 Å². The van der Waals surface area contributed by atoms with Crippen LogP contribution in [-0.2, 0) is 20.1 Å². The molecule has 1 aliphatic carbocycles. The summed E-state index contributed by atoms with van der Waals surface area (Å²) in [4.78, 5) is 4.57. The van der Waals surface area contributed by atoms with E-state index in [1.54, 1.807) is 6.07 Å². The Morgan fingerprint density at radius 1 is 1.33 bits per heavy atom. The van der Waals surface area contributed by atoms with Crippen LogP contribution in [0.15, 0.2) is 23.2 Å². The number of aliphatic imine (C=N–C) groups is 1. The van der Waals surface area contributed by atoms with Gasteiger partial charge in [-0.05, 0) is 38.0 Å².